The minimum Gasteiger partial charge on any atom is -0.347 e. The maximum atomic E-state index is 12.6. The minimum atomic E-state index is 0.0556. The van der Waals surface area contributed by atoms with Crippen LogP contribution in [0, 0.1) is 6.92 Å². The Labute approximate surface area is 136 Å². The number of piperazine rings is 1. The smallest absolute Gasteiger partial charge is 0.263 e. The van der Waals surface area contributed by atoms with Crippen molar-refractivity contribution in [2.75, 3.05) is 33.2 Å². The summed E-state index contributed by atoms with van der Waals surface area (Å²) in [6.45, 7) is 10.5. The third-order valence-electron chi connectivity index (χ3n) is 4.67. The topological polar surface area (TPSA) is 48.5 Å². The summed E-state index contributed by atoms with van der Waals surface area (Å²) >= 11 is 1.54. The lowest BCUT2D eigenvalue weighted by Gasteiger charge is -2.34. The molecule has 0 bridgehead atoms. The molecule has 1 aromatic rings. The fourth-order valence-electron chi connectivity index (χ4n) is 3.43. The van der Waals surface area contributed by atoms with E-state index in [0.717, 1.165) is 48.2 Å². The number of hydrogen-bond acceptors (Lipinski definition) is 5. The maximum Gasteiger partial charge on any atom is 0.263 e. The minimum absolute atomic E-state index is 0.0556. The van der Waals surface area contributed by atoms with Gasteiger partial charge in [-0.1, -0.05) is 13.8 Å². The molecule has 0 aliphatic carbocycles. The summed E-state index contributed by atoms with van der Waals surface area (Å²) < 4.78 is 0. The lowest BCUT2D eigenvalue weighted by Crippen LogP contribution is -2.48. The number of thiazole rings is 1. The number of fused-ring (bicyclic) bond motifs is 1. The largest absolute Gasteiger partial charge is 0.347 e. The van der Waals surface area contributed by atoms with Crippen LogP contribution in [0.4, 0.5) is 0 Å². The van der Waals surface area contributed by atoms with Gasteiger partial charge in [-0.25, -0.2) is 4.98 Å². The molecule has 2 aliphatic rings. The molecule has 0 aromatic carbocycles. The van der Waals surface area contributed by atoms with E-state index in [0.29, 0.717) is 12.0 Å². The van der Waals surface area contributed by atoms with E-state index in [4.69, 9.17) is 0 Å². The summed E-state index contributed by atoms with van der Waals surface area (Å²) in [5, 5.41) is 4.28. The first-order chi connectivity index (χ1) is 10.4. The fourth-order valence-corrected chi connectivity index (χ4v) is 4.40. The van der Waals surface area contributed by atoms with Crippen molar-refractivity contribution in [3.63, 3.8) is 0 Å². The van der Waals surface area contributed by atoms with Gasteiger partial charge >= 0.3 is 0 Å². The summed E-state index contributed by atoms with van der Waals surface area (Å²) in [7, 11) is 2.18. The first-order valence-corrected chi connectivity index (χ1v) is 8.96. The summed E-state index contributed by atoms with van der Waals surface area (Å²) in [6, 6.07) is 0.867. The summed E-state index contributed by atoms with van der Waals surface area (Å²) in [5.74, 6) is 0.432. The number of carbonyl (C=O) groups excluding carboxylic acids is 1. The van der Waals surface area contributed by atoms with Crippen molar-refractivity contribution in [2.24, 2.45) is 0 Å². The van der Waals surface area contributed by atoms with Gasteiger partial charge in [-0.15, -0.1) is 11.3 Å². The molecular weight excluding hydrogens is 296 g/mol. The van der Waals surface area contributed by atoms with Crippen LogP contribution in [-0.4, -0.2) is 66.0 Å². The van der Waals surface area contributed by atoms with Crippen molar-refractivity contribution in [3.8, 4) is 0 Å². The third-order valence-corrected chi connectivity index (χ3v) is 6.12. The van der Waals surface area contributed by atoms with Crippen molar-refractivity contribution in [1.29, 1.82) is 0 Å². The van der Waals surface area contributed by atoms with Crippen molar-refractivity contribution in [2.45, 2.75) is 45.2 Å². The normalized spacial score (nSPS) is 26.4. The van der Waals surface area contributed by atoms with Crippen LogP contribution >= 0.6 is 11.3 Å². The molecule has 5 nitrogen and oxygen atoms in total. The zero-order valence-electron chi connectivity index (χ0n) is 13.9. The molecular formula is C16H26N4OS. The maximum absolute atomic E-state index is 12.6. The standard InChI is InChI=1S/C16H26N4OS/c1-10(2)16-17-11(3)14(22-16)15(21)18-12-7-13-9-19(4)5-6-20(13)8-12/h10,12-13H,5-9H2,1-4H3,(H,18,21)/t12-,13-/m0/s1. The highest BCUT2D eigenvalue weighted by molar-refractivity contribution is 7.13. The average molecular weight is 322 g/mol. The van der Waals surface area contributed by atoms with Crippen molar-refractivity contribution in [1.82, 2.24) is 20.1 Å². The van der Waals surface area contributed by atoms with E-state index >= 15 is 0 Å². The molecule has 0 saturated carbocycles. The second kappa shape index (κ2) is 6.26. The third kappa shape index (κ3) is 3.19. The molecule has 3 rings (SSSR count). The Balaban J connectivity index is 1.63. The van der Waals surface area contributed by atoms with Gasteiger partial charge in [0.2, 0.25) is 0 Å². The number of carbonyl (C=O) groups is 1. The highest BCUT2D eigenvalue weighted by Gasteiger charge is 2.36. The molecule has 122 valence electrons. The van der Waals surface area contributed by atoms with Gasteiger partial charge in [-0.2, -0.15) is 0 Å². The van der Waals surface area contributed by atoms with Crippen LogP contribution in [0.25, 0.3) is 0 Å². The molecule has 3 heterocycles. The molecule has 6 heteroatoms. The van der Waals surface area contributed by atoms with Crippen molar-refractivity contribution < 1.29 is 4.79 Å². The van der Waals surface area contributed by atoms with Gasteiger partial charge in [0.05, 0.1) is 10.7 Å². The highest BCUT2D eigenvalue weighted by atomic mass is 32.1. The molecule has 2 saturated heterocycles. The molecule has 1 N–H and O–H groups in total. The lowest BCUT2D eigenvalue weighted by molar-refractivity contribution is 0.0940. The summed E-state index contributed by atoms with van der Waals surface area (Å²) in [4.78, 5) is 22.8. The van der Waals surface area contributed by atoms with Crippen LogP contribution in [0.5, 0.6) is 0 Å². The van der Waals surface area contributed by atoms with Crippen molar-refractivity contribution >= 4 is 17.2 Å². The van der Waals surface area contributed by atoms with E-state index in [1.54, 1.807) is 0 Å². The Morgan fingerprint density at radius 1 is 1.36 bits per heavy atom. The number of nitrogens with zero attached hydrogens (tertiary/aromatic N) is 3. The summed E-state index contributed by atoms with van der Waals surface area (Å²) in [6.07, 6.45) is 1.06. The number of hydrogen-bond donors (Lipinski definition) is 1. The van der Waals surface area contributed by atoms with Crippen LogP contribution < -0.4 is 5.32 Å². The van der Waals surface area contributed by atoms with E-state index in [9.17, 15) is 4.79 Å². The molecule has 1 amide bonds. The molecule has 0 unspecified atom stereocenters. The van der Waals surface area contributed by atoms with E-state index in [2.05, 4.69) is 41.0 Å². The monoisotopic (exact) mass is 322 g/mol. The Morgan fingerprint density at radius 3 is 2.82 bits per heavy atom. The number of aromatic nitrogens is 1. The SMILES string of the molecule is Cc1nc(C(C)C)sc1C(=O)N[C@H]1C[C@H]2CN(C)CCN2C1. The predicted octanol–water partition coefficient (Wildman–Crippen LogP) is 1.69. The Hall–Kier alpha value is -0.980. The lowest BCUT2D eigenvalue weighted by atomic mass is 10.1. The molecule has 2 atom stereocenters. The van der Waals surface area contributed by atoms with E-state index in [-0.39, 0.29) is 11.9 Å². The molecule has 2 aliphatic heterocycles. The molecule has 0 radical (unpaired) electrons. The van der Waals surface area contributed by atoms with Gasteiger partial charge in [0.15, 0.2) is 0 Å². The number of nitrogens with one attached hydrogen (secondary N) is 1. The molecule has 22 heavy (non-hydrogen) atoms. The Morgan fingerprint density at radius 2 is 2.14 bits per heavy atom. The second-order valence-electron chi connectivity index (χ2n) is 6.94. The predicted molar refractivity (Wildman–Crippen MR) is 89.7 cm³/mol. The molecule has 2 fully saturated rings. The van der Waals surface area contributed by atoms with Gasteiger partial charge in [0, 0.05) is 44.2 Å². The van der Waals surface area contributed by atoms with Crippen molar-refractivity contribution in [3.05, 3.63) is 15.6 Å². The van der Waals surface area contributed by atoms with E-state index in [1.165, 1.54) is 11.3 Å². The quantitative estimate of drug-likeness (QED) is 0.920. The second-order valence-corrected chi connectivity index (χ2v) is 7.97. The van der Waals surface area contributed by atoms with Crippen LogP contribution in [0.2, 0.25) is 0 Å². The number of likely N-dealkylation sites (N-methyl/N-ethyl adjacent to an activating group) is 1. The van der Waals surface area contributed by atoms with Gasteiger partial charge < -0.3 is 10.2 Å². The first kappa shape index (κ1) is 15.9. The van der Waals surface area contributed by atoms with Crippen LogP contribution in [0.3, 0.4) is 0 Å². The zero-order valence-corrected chi connectivity index (χ0v) is 14.7. The van der Waals surface area contributed by atoms with Gasteiger partial charge in [-0.3, -0.25) is 9.69 Å². The summed E-state index contributed by atoms with van der Waals surface area (Å²) in [5.41, 5.74) is 0.863. The molecule has 1 aromatic heterocycles. The van der Waals surface area contributed by atoms with Gasteiger partial charge in [0.25, 0.3) is 5.91 Å². The van der Waals surface area contributed by atoms with Crippen LogP contribution in [0.15, 0.2) is 0 Å². The van der Waals surface area contributed by atoms with E-state index < -0.39 is 0 Å². The number of aryl methyl sites for hydroxylation is 1. The number of rotatable bonds is 3. The highest BCUT2D eigenvalue weighted by Crippen LogP contribution is 2.26. The number of amides is 1. The van der Waals surface area contributed by atoms with Gasteiger partial charge in [0.1, 0.15) is 4.88 Å². The molecule has 0 spiro atoms. The first-order valence-electron chi connectivity index (χ1n) is 8.14. The Kier molecular flexibility index (Phi) is 4.52. The van der Waals surface area contributed by atoms with E-state index in [1.807, 2.05) is 6.92 Å². The fraction of sp³-hybridized carbons (Fsp3) is 0.750. The van der Waals surface area contributed by atoms with Crippen LogP contribution in [0.1, 0.15) is 46.6 Å². The van der Waals surface area contributed by atoms with Gasteiger partial charge in [-0.05, 0) is 20.4 Å². The Bertz CT molecular complexity index is 556. The zero-order chi connectivity index (χ0) is 15.9. The van der Waals surface area contributed by atoms with Crippen LogP contribution in [-0.2, 0) is 0 Å². The average Bonchev–Trinajstić information content (AvgIpc) is 3.01.